The molecule has 0 saturated heterocycles. The molecule has 4 saturated carbocycles. The molecule has 0 amide bonds. The molecule has 268 valence electrons. The van der Waals surface area contributed by atoms with Crippen LogP contribution >= 0.6 is 0 Å². The van der Waals surface area contributed by atoms with Crippen LogP contribution < -0.4 is 0 Å². The Hall–Kier alpha value is -3.21. The Morgan fingerprint density at radius 2 is 1.50 bits per heavy atom. The number of hydrogen-bond acceptors (Lipinski definition) is 5. The number of esters is 2. The molecular formula is C45H58O5. The van der Waals surface area contributed by atoms with Gasteiger partial charge in [-0.25, -0.2) is 4.79 Å². The normalized spacial score (nSPS) is 38.6. The number of carbonyl (C=O) groups is 3. The lowest BCUT2D eigenvalue weighted by Gasteiger charge is -2.71. The first kappa shape index (κ1) is 35.2. The Bertz CT molecular complexity index is 1690. The minimum Gasteiger partial charge on any atom is -0.465 e. The number of methoxy groups -OCH3 is 1. The van der Waals surface area contributed by atoms with Crippen LogP contribution in [0.15, 0.2) is 60.7 Å². The van der Waals surface area contributed by atoms with Gasteiger partial charge >= 0.3 is 11.9 Å². The quantitative estimate of drug-likeness (QED) is 0.285. The molecule has 0 radical (unpaired) electrons. The van der Waals surface area contributed by atoms with Gasteiger partial charge in [0.15, 0.2) is 5.78 Å². The third kappa shape index (κ3) is 4.87. The van der Waals surface area contributed by atoms with Crippen molar-refractivity contribution in [3.63, 3.8) is 0 Å². The fourth-order valence-corrected chi connectivity index (χ4v) is 13.3. The van der Waals surface area contributed by atoms with E-state index in [9.17, 15) is 14.4 Å². The standard InChI is InChI=1S/C45H58O5/c1-28(2)32-20-23-45(40(48)50-27-29-12-10-9-11-13-29)25-24-42(5)33(38(32)45)18-19-36-43(42,6)22-21-35-41(3,4)34(26-37(46)44(35,36)7)30-14-16-31(17-15-30)39(47)49-8/h9-17,26,28,32-33,35-36,38H,18-25,27H2,1-8H3/t32-,33+,35?,36?,38?,42+,43+,44-,45-/m0/s1. The molecule has 50 heavy (non-hydrogen) atoms. The van der Waals surface area contributed by atoms with Crippen molar-refractivity contribution in [3.8, 4) is 0 Å². The molecule has 5 aliphatic carbocycles. The third-order valence-electron chi connectivity index (χ3n) is 16.1. The predicted octanol–water partition coefficient (Wildman–Crippen LogP) is 10.1. The fraction of sp³-hybridized carbons (Fsp3) is 0.622. The summed E-state index contributed by atoms with van der Waals surface area (Å²) >= 11 is 0. The summed E-state index contributed by atoms with van der Waals surface area (Å²) in [6.07, 6.45) is 10.1. The van der Waals surface area contributed by atoms with E-state index in [4.69, 9.17) is 9.47 Å². The number of carbonyl (C=O) groups excluding carboxylic acids is 3. The van der Waals surface area contributed by atoms with Crippen molar-refractivity contribution in [2.45, 2.75) is 106 Å². The molecular weight excluding hydrogens is 620 g/mol. The summed E-state index contributed by atoms with van der Waals surface area (Å²) in [4.78, 5) is 41.2. The van der Waals surface area contributed by atoms with Gasteiger partial charge in [-0.2, -0.15) is 0 Å². The summed E-state index contributed by atoms with van der Waals surface area (Å²) in [5.41, 5.74) is 2.57. The van der Waals surface area contributed by atoms with Crippen molar-refractivity contribution in [1.29, 1.82) is 0 Å². The second-order valence-electron chi connectivity index (χ2n) is 18.3. The Balaban J connectivity index is 1.22. The fourth-order valence-electron chi connectivity index (χ4n) is 13.3. The van der Waals surface area contributed by atoms with E-state index in [2.05, 4.69) is 48.5 Å². The van der Waals surface area contributed by atoms with Crippen molar-refractivity contribution in [2.24, 2.45) is 62.6 Å². The summed E-state index contributed by atoms with van der Waals surface area (Å²) in [5, 5.41) is 0. The number of benzene rings is 2. The number of rotatable bonds is 6. The molecule has 3 unspecified atom stereocenters. The van der Waals surface area contributed by atoms with Crippen LogP contribution in [0.25, 0.3) is 5.57 Å². The Labute approximate surface area is 300 Å². The molecule has 0 heterocycles. The SMILES string of the molecule is COC(=O)c1ccc(C2=CC(=O)[C@@]3(C)C(CC[C@]4(C)C3CC[C@@H]3C5[C@H](C(C)C)CC[C@]5(C(=O)OCc5ccccc5)CC[C@]34C)C2(C)C)cc1. The molecule has 2 aromatic rings. The van der Waals surface area contributed by atoms with Crippen molar-refractivity contribution >= 4 is 23.3 Å². The minimum atomic E-state index is -0.462. The van der Waals surface area contributed by atoms with Gasteiger partial charge in [-0.15, -0.1) is 0 Å². The van der Waals surface area contributed by atoms with Gasteiger partial charge in [0, 0.05) is 5.41 Å². The maximum atomic E-state index is 14.7. The largest absolute Gasteiger partial charge is 0.465 e. The van der Waals surface area contributed by atoms with E-state index in [1.165, 1.54) is 7.11 Å². The topological polar surface area (TPSA) is 69.7 Å². The number of fused-ring (bicyclic) bond motifs is 7. The average Bonchev–Trinajstić information content (AvgIpc) is 3.51. The first-order valence-electron chi connectivity index (χ1n) is 19.3. The van der Waals surface area contributed by atoms with Crippen LogP contribution in [0.5, 0.6) is 0 Å². The van der Waals surface area contributed by atoms with Crippen LogP contribution in [-0.2, 0) is 25.7 Å². The lowest BCUT2D eigenvalue weighted by atomic mass is 9.32. The highest BCUT2D eigenvalue weighted by molar-refractivity contribution is 6.04. The van der Waals surface area contributed by atoms with Crippen LogP contribution in [0, 0.1) is 62.6 Å². The van der Waals surface area contributed by atoms with E-state index in [0.29, 0.717) is 35.8 Å². The molecule has 7 rings (SSSR count). The smallest absolute Gasteiger partial charge is 0.337 e. The van der Waals surface area contributed by atoms with E-state index in [-0.39, 0.29) is 45.8 Å². The predicted molar refractivity (Wildman–Crippen MR) is 197 cm³/mol. The highest BCUT2D eigenvalue weighted by atomic mass is 16.5. The van der Waals surface area contributed by atoms with Gasteiger partial charge in [-0.3, -0.25) is 9.59 Å². The molecule has 0 aliphatic heterocycles. The summed E-state index contributed by atoms with van der Waals surface area (Å²) in [6, 6.07) is 17.7. The molecule has 0 N–H and O–H groups in total. The zero-order valence-corrected chi connectivity index (χ0v) is 31.6. The van der Waals surface area contributed by atoms with Gasteiger partial charge < -0.3 is 9.47 Å². The second kappa shape index (κ2) is 12.2. The van der Waals surface area contributed by atoms with Crippen LogP contribution in [-0.4, -0.2) is 24.8 Å². The minimum absolute atomic E-state index is 0.00929. The summed E-state index contributed by atoms with van der Waals surface area (Å²) in [6.45, 7) is 17.1. The van der Waals surface area contributed by atoms with Crippen molar-refractivity contribution < 1.29 is 23.9 Å². The van der Waals surface area contributed by atoms with Crippen LogP contribution in [0.3, 0.4) is 0 Å². The molecule has 0 spiro atoms. The van der Waals surface area contributed by atoms with E-state index < -0.39 is 10.8 Å². The zero-order valence-electron chi connectivity index (χ0n) is 31.6. The monoisotopic (exact) mass is 678 g/mol. The average molecular weight is 679 g/mol. The molecule has 5 aliphatic rings. The molecule has 0 aromatic heterocycles. The zero-order chi connectivity index (χ0) is 35.9. The molecule has 0 bridgehead atoms. The molecule has 5 heteroatoms. The van der Waals surface area contributed by atoms with Crippen LogP contribution in [0.4, 0.5) is 0 Å². The molecule has 4 fully saturated rings. The highest BCUT2D eigenvalue weighted by Gasteiger charge is 2.73. The summed E-state index contributed by atoms with van der Waals surface area (Å²) in [5.74, 6) is 2.19. The number of ketones is 1. The Morgan fingerprint density at radius 1 is 0.800 bits per heavy atom. The summed E-state index contributed by atoms with van der Waals surface area (Å²) < 4.78 is 11.1. The second-order valence-corrected chi connectivity index (χ2v) is 18.3. The first-order valence-corrected chi connectivity index (χ1v) is 19.3. The number of allylic oxidation sites excluding steroid dienone is 2. The molecule has 5 nitrogen and oxygen atoms in total. The van der Waals surface area contributed by atoms with E-state index in [1.54, 1.807) is 0 Å². The highest BCUT2D eigenvalue weighted by Crippen LogP contribution is 2.77. The van der Waals surface area contributed by atoms with Gasteiger partial charge in [0.05, 0.1) is 18.1 Å². The Morgan fingerprint density at radius 3 is 2.16 bits per heavy atom. The van der Waals surface area contributed by atoms with Gasteiger partial charge in [0.2, 0.25) is 0 Å². The molecule has 9 atom stereocenters. The van der Waals surface area contributed by atoms with Crippen molar-refractivity contribution in [2.75, 3.05) is 7.11 Å². The van der Waals surface area contributed by atoms with Gasteiger partial charge in [-0.1, -0.05) is 90.9 Å². The van der Waals surface area contributed by atoms with E-state index >= 15 is 0 Å². The number of ether oxygens (including phenoxy) is 2. The number of hydrogen-bond donors (Lipinski definition) is 0. The van der Waals surface area contributed by atoms with Gasteiger partial charge in [-0.05, 0) is 138 Å². The van der Waals surface area contributed by atoms with Crippen LogP contribution in [0.2, 0.25) is 0 Å². The lowest BCUT2D eigenvalue weighted by molar-refractivity contribution is -0.228. The van der Waals surface area contributed by atoms with Gasteiger partial charge in [0.1, 0.15) is 6.61 Å². The van der Waals surface area contributed by atoms with Crippen molar-refractivity contribution in [1.82, 2.24) is 0 Å². The maximum Gasteiger partial charge on any atom is 0.337 e. The molecule has 2 aromatic carbocycles. The third-order valence-corrected chi connectivity index (χ3v) is 16.1. The van der Waals surface area contributed by atoms with Crippen LogP contribution in [0.1, 0.15) is 121 Å². The summed E-state index contributed by atoms with van der Waals surface area (Å²) in [7, 11) is 1.40. The lowest BCUT2D eigenvalue weighted by Crippen LogP contribution is -2.67. The first-order chi connectivity index (χ1) is 23.6. The van der Waals surface area contributed by atoms with Crippen molar-refractivity contribution in [3.05, 3.63) is 77.4 Å². The Kier molecular flexibility index (Phi) is 8.59. The van der Waals surface area contributed by atoms with E-state index in [1.807, 2.05) is 60.7 Å². The van der Waals surface area contributed by atoms with E-state index in [0.717, 1.165) is 68.1 Å². The maximum absolute atomic E-state index is 14.7. The van der Waals surface area contributed by atoms with Gasteiger partial charge in [0.25, 0.3) is 0 Å².